The Morgan fingerprint density at radius 2 is 1.92 bits per heavy atom. The van der Waals surface area contributed by atoms with Gasteiger partial charge in [0.1, 0.15) is 10.1 Å². The Bertz CT molecular complexity index is 402. The smallest absolute Gasteiger partial charge is 0.744 e. The first kappa shape index (κ1) is 12.5. The molecule has 0 unspecified atom stereocenters. The predicted octanol–water partition coefficient (Wildman–Crippen LogP) is -2.51. The summed E-state index contributed by atoms with van der Waals surface area (Å²) in [6.07, 6.45) is 0. The Kier molecular flexibility index (Phi) is 4.01. The molecule has 1 rings (SSSR count). The zero-order valence-corrected chi connectivity index (χ0v) is 8.26. The van der Waals surface area contributed by atoms with Crippen molar-refractivity contribution in [2.24, 2.45) is 0 Å². The normalized spacial score (nSPS) is 10.6. The average molecular weight is 193 g/mol. The van der Waals surface area contributed by atoms with Gasteiger partial charge in [0.25, 0.3) is 0 Å². The van der Waals surface area contributed by atoms with Crippen molar-refractivity contribution >= 4 is 15.8 Å². The Morgan fingerprint density at radius 1 is 1.38 bits per heavy atom. The summed E-state index contributed by atoms with van der Waals surface area (Å²) in [6, 6.07) is 4.31. The largest absolute Gasteiger partial charge is 1.00 e. The van der Waals surface area contributed by atoms with Crippen LogP contribution in [0.25, 0.3) is 0 Å². The number of rotatable bonds is 1. The zero-order valence-electron chi connectivity index (χ0n) is 7.44. The second-order valence-electron chi connectivity index (χ2n) is 2.50. The molecule has 1 aromatic carbocycles. The van der Waals surface area contributed by atoms with Gasteiger partial charge in [0, 0.05) is 5.69 Å². The molecule has 13 heavy (non-hydrogen) atoms. The van der Waals surface area contributed by atoms with Gasteiger partial charge in [-0.25, -0.2) is 8.42 Å². The quantitative estimate of drug-likeness (QED) is 0.303. The van der Waals surface area contributed by atoms with Crippen LogP contribution in [0.2, 0.25) is 0 Å². The second-order valence-corrected chi connectivity index (χ2v) is 3.84. The van der Waals surface area contributed by atoms with Gasteiger partial charge in [-0.2, -0.15) is 0 Å². The topological polar surface area (TPSA) is 83.2 Å². The van der Waals surface area contributed by atoms with Gasteiger partial charge < -0.3 is 10.3 Å². The van der Waals surface area contributed by atoms with Crippen LogP contribution in [0.15, 0.2) is 23.1 Å². The molecule has 0 aromatic heterocycles. The van der Waals surface area contributed by atoms with Gasteiger partial charge in [-0.15, -0.1) is 0 Å². The van der Waals surface area contributed by atoms with Gasteiger partial charge >= 0.3 is 18.9 Å². The maximum Gasteiger partial charge on any atom is 1.00 e. The van der Waals surface area contributed by atoms with Gasteiger partial charge in [0.2, 0.25) is 0 Å². The molecule has 0 aliphatic rings. The number of nitrogen functional groups attached to an aromatic ring is 1. The van der Waals surface area contributed by atoms with E-state index >= 15 is 0 Å². The first-order chi connectivity index (χ1) is 5.41. The van der Waals surface area contributed by atoms with Crippen molar-refractivity contribution in [3.8, 4) is 0 Å². The van der Waals surface area contributed by atoms with Crippen LogP contribution in [0.5, 0.6) is 0 Å². The van der Waals surface area contributed by atoms with Crippen molar-refractivity contribution in [2.45, 2.75) is 11.8 Å². The molecule has 0 bridgehead atoms. The van der Waals surface area contributed by atoms with Crippen molar-refractivity contribution in [1.82, 2.24) is 0 Å². The Hall–Kier alpha value is -0.473. The SMILES string of the molecule is Cc1ccc(N)c(S(=O)(=O)[O-])c1.[Li+]. The third-order valence-corrected chi connectivity index (χ3v) is 2.33. The molecule has 0 radical (unpaired) electrons. The standard InChI is InChI=1S/C7H9NO3S.Li/c1-5-2-3-6(8)7(4-5)12(9,10)11;/h2-4H,8H2,1H3,(H,9,10,11);/q;+1/p-1. The molecule has 0 spiro atoms. The summed E-state index contributed by atoms with van der Waals surface area (Å²) < 4.78 is 31.7. The number of anilines is 1. The number of nitrogens with two attached hydrogens (primary N) is 1. The van der Waals surface area contributed by atoms with Crippen molar-refractivity contribution in [3.05, 3.63) is 23.8 Å². The number of aryl methyl sites for hydroxylation is 1. The van der Waals surface area contributed by atoms with Crippen LogP contribution in [-0.4, -0.2) is 13.0 Å². The van der Waals surface area contributed by atoms with E-state index in [9.17, 15) is 13.0 Å². The summed E-state index contributed by atoms with van der Waals surface area (Å²) in [4.78, 5) is -0.345. The molecule has 2 N–H and O–H groups in total. The van der Waals surface area contributed by atoms with E-state index in [0.717, 1.165) is 0 Å². The monoisotopic (exact) mass is 193 g/mol. The minimum Gasteiger partial charge on any atom is -0.744 e. The van der Waals surface area contributed by atoms with Crippen LogP contribution in [0, 0.1) is 6.92 Å². The molecule has 0 atom stereocenters. The molecular weight excluding hydrogens is 185 g/mol. The first-order valence-electron chi connectivity index (χ1n) is 3.23. The van der Waals surface area contributed by atoms with E-state index < -0.39 is 10.1 Å². The fourth-order valence-corrected chi connectivity index (χ4v) is 1.55. The number of benzene rings is 1. The predicted molar refractivity (Wildman–Crippen MR) is 43.6 cm³/mol. The summed E-state index contributed by atoms with van der Waals surface area (Å²) in [7, 11) is -4.43. The molecule has 66 valence electrons. The Balaban J connectivity index is 0.00000144. The van der Waals surface area contributed by atoms with Gasteiger partial charge in [0.15, 0.2) is 0 Å². The van der Waals surface area contributed by atoms with E-state index in [1.54, 1.807) is 13.0 Å². The van der Waals surface area contributed by atoms with E-state index in [2.05, 4.69) is 0 Å². The average Bonchev–Trinajstić information content (AvgIpc) is 1.92. The molecule has 0 saturated carbocycles. The Morgan fingerprint density at radius 3 is 2.31 bits per heavy atom. The summed E-state index contributed by atoms with van der Waals surface area (Å²) >= 11 is 0. The van der Waals surface area contributed by atoms with Crippen molar-refractivity contribution in [2.75, 3.05) is 5.73 Å². The van der Waals surface area contributed by atoms with Crippen LogP contribution in [0.4, 0.5) is 5.69 Å². The molecule has 0 amide bonds. The van der Waals surface area contributed by atoms with Crippen LogP contribution in [-0.2, 0) is 10.1 Å². The molecule has 0 aliphatic heterocycles. The van der Waals surface area contributed by atoms with Crippen molar-refractivity contribution in [1.29, 1.82) is 0 Å². The summed E-state index contributed by atoms with van der Waals surface area (Å²) in [6.45, 7) is 1.69. The fourth-order valence-electron chi connectivity index (χ4n) is 0.858. The van der Waals surface area contributed by atoms with E-state index in [4.69, 9.17) is 5.73 Å². The zero-order chi connectivity index (χ0) is 9.35. The summed E-state index contributed by atoms with van der Waals surface area (Å²) in [5, 5.41) is 0. The minimum atomic E-state index is -4.43. The minimum absolute atomic E-state index is 0. The summed E-state index contributed by atoms with van der Waals surface area (Å²) in [5.41, 5.74) is 5.99. The Labute approximate surface area is 89.1 Å². The maximum atomic E-state index is 10.6. The molecule has 0 heterocycles. The fraction of sp³-hybridized carbons (Fsp3) is 0.143. The van der Waals surface area contributed by atoms with Crippen molar-refractivity contribution in [3.63, 3.8) is 0 Å². The number of hydrogen-bond acceptors (Lipinski definition) is 4. The van der Waals surface area contributed by atoms with Gasteiger partial charge in [-0.3, -0.25) is 0 Å². The second kappa shape index (κ2) is 4.16. The van der Waals surface area contributed by atoms with Gasteiger partial charge in [0.05, 0.1) is 4.90 Å². The van der Waals surface area contributed by atoms with E-state index in [1.807, 2.05) is 0 Å². The third-order valence-electron chi connectivity index (χ3n) is 1.44. The third kappa shape index (κ3) is 3.05. The van der Waals surface area contributed by atoms with Crippen LogP contribution in [0.1, 0.15) is 5.56 Å². The summed E-state index contributed by atoms with van der Waals surface area (Å²) in [5.74, 6) is 0. The van der Waals surface area contributed by atoms with Crippen LogP contribution in [0.3, 0.4) is 0 Å². The molecule has 0 saturated heterocycles. The maximum absolute atomic E-state index is 10.6. The van der Waals surface area contributed by atoms with Crippen LogP contribution < -0.4 is 24.6 Å². The molecule has 6 heteroatoms. The molecule has 0 fully saturated rings. The molecule has 4 nitrogen and oxygen atoms in total. The van der Waals surface area contributed by atoms with Crippen LogP contribution >= 0.6 is 0 Å². The van der Waals surface area contributed by atoms with Gasteiger partial charge in [-0.05, 0) is 24.6 Å². The molecular formula is C7H8LiNO3S. The van der Waals surface area contributed by atoms with Gasteiger partial charge in [-0.1, -0.05) is 6.07 Å². The molecule has 0 aliphatic carbocycles. The van der Waals surface area contributed by atoms with Crippen molar-refractivity contribution < 1.29 is 31.8 Å². The first-order valence-corrected chi connectivity index (χ1v) is 4.64. The van der Waals surface area contributed by atoms with E-state index in [0.29, 0.717) is 5.56 Å². The van der Waals surface area contributed by atoms with E-state index in [1.165, 1.54) is 12.1 Å². The number of hydrogen-bond donors (Lipinski definition) is 1. The van der Waals surface area contributed by atoms with E-state index in [-0.39, 0.29) is 29.4 Å². The molecule has 1 aromatic rings.